The van der Waals surface area contributed by atoms with Crippen LogP contribution in [-0.4, -0.2) is 20.2 Å². The number of aromatic amines is 1. The minimum absolute atomic E-state index is 0.442. The first-order valence-electron chi connectivity index (χ1n) is 10.0. The van der Waals surface area contributed by atoms with Crippen LogP contribution in [-0.2, 0) is 6.61 Å². The summed E-state index contributed by atoms with van der Waals surface area (Å²) in [5.74, 6) is 1.59. The van der Waals surface area contributed by atoms with Crippen molar-refractivity contribution in [3.05, 3.63) is 108 Å². The fourth-order valence-electron chi connectivity index (χ4n) is 3.31. The summed E-state index contributed by atoms with van der Waals surface area (Å²) in [4.78, 5) is 8.81. The highest BCUT2D eigenvalue weighted by Gasteiger charge is 2.01. The van der Waals surface area contributed by atoms with E-state index in [1.807, 2.05) is 60.7 Å². The van der Waals surface area contributed by atoms with Gasteiger partial charge in [0.2, 0.25) is 0 Å². The zero-order valence-corrected chi connectivity index (χ0v) is 16.8. The highest BCUT2D eigenvalue weighted by molar-refractivity contribution is 5.78. The minimum atomic E-state index is 0.442. The van der Waals surface area contributed by atoms with Crippen molar-refractivity contribution >= 4 is 23.1 Å². The molecule has 0 aliphatic rings. The number of nitrogens with one attached hydrogen (secondary N) is 1. The van der Waals surface area contributed by atoms with Gasteiger partial charge < -0.3 is 4.74 Å². The van der Waals surface area contributed by atoms with E-state index < -0.39 is 0 Å². The second kappa shape index (κ2) is 8.63. The zero-order valence-electron chi connectivity index (χ0n) is 16.8. The molecule has 0 unspecified atom stereocenters. The third-order valence-corrected chi connectivity index (χ3v) is 4.99. The number of aromatic nitrogens is 4. The summed E-state index contributed by atoms with van der Waals surface area (Å²) in [5.41, 5.74) is 5.13. The van der Waals surface area contributed by atoms with E-state index in [2.05, 4.69) is 56.6 Å². The molecule has 0 saturated carbocycles. The molecule has 2 heterocycles. The standard InChI is InChI=1S/C26H20N4O/c1-2-4-25-21(3-1)13-14-23(29-25)17-31-24-15-9-20(10-16-24)6-5-19-7-11-22(12-8-19)26-27-18-28-30-26/h1-16,18H,17H2,(H,27,28,30)/b6-5+. The Morgan fingerprint density at radius 3 is 2.26 bits per heavy atom. The molecule has 0 radical (unpaired) electrons. The lowest BCUT2D eigenvalue weighted by atomic mass is 10.1. The number of pyridine rings is 1. The molecule has 0 aliphatic carbocycles. The van der Waals surface area contributed by atoms with E-state index in [1.165, 1.54) is 6.33 Å². The maximum Gasteiger partial charge on any atom is 0.155 e. The summed E-state index contributed by atoms with van der Waals surface area (Å²) >= 11 is 0. The Balaban J connectivity index is 1.20. The van der Waals surface area contributed by atoms with Crippen LogP contribution in [0, 0.1) is 0 Å². The Morgan fingerprint density at radius 2 is 1.52 bits per heavy atom. The highest BCUT2D eigenvalue weighted by Crippen LogP contribution is 2.19. The van der Waals surface area contributed by atoms with Crippen LogP contribution in [0.1, 0.15) is 16.8 Å². The largest absolute Gasteiger partial charge is 0.487 e. The van der Waals surface area contributed by atoms with Gasteiger partial charge in [-0.25, -0.2) is 9.97 Å². The Labute approximate surface area is 180 Å². The fraction of sp³-hybridized carbons (Fsp3) is 0.0385. The van der Waals surface area contributed by atoms with Crippen LogP contribution in [0.15, 0.2) is 91.3 Å². The van der Waals surface area contributed by atoms with Crippen molar-refractivity contribution < 1.29 is 4.74 Å². The lowest BCUT2D eigenvalue weighted by molar-refractivity contribution is 0.302. The summed E-state index contributed by atoms with van der Waals surface area (Å²) in [6.45, 7) is 0.442. The number of ether oxygens (including phenoxy) is 1. The number of para-hydroxylation sites is 1. The van der Waals surface area contributed by atoms with Crippen molar-refractivity contribution in [1.82, 2.24) is 20.2 Å². The lowest BCUT2D eigenvalue weighted by Gasteiger charge is -2.07. The van der Waals surface area contributed by atoms with Crippen molar-refractivity contribution in [2.75, 3.05) is 0 Å². The first kappa shape index (κ1) is 18.8. The number of benzene rings is 3. The van der Waals surface area contributed by atoms with Crippen molar-refractivity contribution in [1.29, 1.82) is 0 Å². The number of nitrogens with zero attached hydrogens (tertiary/aromatic N) is 3. The smallest absolute Gasteiger partial charge is 0.155 e. The molecule has 5 rings (SSSR count). The molecule has 31 heavy (non-hydrogen) atoms. The van der Waals surface area contributed by atoms with E-state index in [1.54, 1.807) is 0 Å². The molecule has 0 aliphatic heterocycles. The molecule has 0 amide bonds. The predicted octanol–water partition coefficient (Wildman–Crippen LogP) is 5.77. The molecule has 5 aromatic rings. The molecule has 2 aromatic heterocycles. The molecule has 3 aromatic carbocycles. The van der Waals surface area contributed by atoms with Gasteiger partial charge in [0.25, 0.3) is 0 Å². The number of hydrogen-bond acceptors (Lipinski definition) is 4. The number of rotatable bonds is 6. The van der Waals surface area contributed by atoms with E-state index in [0.717, 1.165) is 44.9 Å². The number of hydrogen-bond donors (Lipinski definition) is 1. The van der Waals surface area contributed by atoms with Crippen molar-refractivity contribution in [3.8, 4) is 17.1 Å². The molecule has 0 spiro atoms. The van der Waals surface area contributed by atoms with Gasteiger partial charge >= 0.3 is 0 Å². The van der Waals surface area contributed by atoms with Crippen LogP contribution in [0.2, 0.25) is 0 Å². The Hall–Kier alpha value is -4.25. The molecule has 1 N–H and O–H groups in total. The van der Waals surface area contributed by atoms with Crippen LogP contribution in [0.4, 0.5) is 0 Å². The van der Waals surface area contributed by atoms with E-state index in [-0.39, 0.29) is 0 Å². The van der Waals surface area contributed by atoms with Gasteiger partial charge in [0, 0.05) is 10.9 Å². The Morgan fingerprint density at radius 1 is 0.774 bits per heavy atom. The summed E-state index contributed by atoms with van der Waals surface area (Å²) in [7, 11) is 0. The fourth-order valence-corrected chi connectivity index (χ4v) is 3.31. The van der Waals surface area contributed by atoms with Gasteiger partial charge in [-0.3, -0.25) is 5.10 Å². The molecule has 0 fully saturated rings. The van der Waals surface area contributed by atoms with Gasteiger partial charge in [-0.1, -0.05) is 72.8 Å². The van der Waals surface area contributed by atoms with Crippen LogP contribution < -0.4 is 4.74 Å². The first-order chi connectivity index (χ1) is 15.3. The molecule has 5 heteroatoms. The molecule has 5 nitrogen and oxygen atoms in total. The summed E-state index contributed by atoms with van der Waals surface area (Å²) < 4.78 is 5.91. The summed E-state index contributed by atoms with van der Waals surface area (Å²) in [6, 6.07) is 28.4. The second-order valence-corrected chi connectivity index (χ2v) is 7.14. The van der Waals surface area contributed by atoms with Gasteiger partial charge in [-0.15, -0.1) is 0 Å². The average Bonchev–Trinajstić information content (AvgIpc) is 3.37. The maximum absolute atomic E-state index is 5.91. The average molecular weight is 404 g/mol. The summed E-state index contributed by atoms with van der Waals surface area (Å²) in [5, 5.41) is 7.89. The molecule has 0 saturated heterocycles. The normalized spacial score (nSPS) is 11.2. The molecule has 0 bridgehead atoms. The van der Waals surface area contributed by atoms with Crippen molar-refractivity contribution in [2.45, 2.75) is 6.61 Å². The third-order valence-electron chi connectivity index (χ3n) is 4.99. The van der Waals surface area contributed by atoms with Gasteiger partial charge in [-0.05, 0) is 35.4 Å². The summed E-state index contributed by atoms with van der Waals surface area (Å²) in [6.07, 6.45) is 5.67. The van der Waals surface area contributed by atoms with Gasteiger partial charge in [0.1, 0.15) is 18.7 Å². The monoisotopic (exact) mass is 404 g/mol. The van der Waals surface area contributed by atoms with Crippen molar-refractivity contribution in [3.63, 3.8) is 0 Å². The van der Waals surface area contributed by atoms with Crippen LogP contribution in [0.3, 0.4) is 0 Å². The van der Waals surface area contributed by atoms with Gasteiger partial charge in [0.15, 0.2) is 5.82 Å². The van der Waals surface area contributed by atoms with Crippen molar-refractivity contribution in [2.24, 2.45) is 0 Å². The van der Waals surface area contributed by atoms with Gasteiger partial charge in [0.05, 0.1) is 11.2 Å². The molecular formula is C26H20N4O. The number of H-pyrrole nitrogens is 1. The Kier molecular flexibility index (Phi) is 5.22. The van der Waals surface area contributed by atoms with Gasteiger partial charge in [-0.2, -0.15) is 5.10 Å². The van der Waals surface area contributed by atoms with Crippen LogP contribution in [0.25, 0.3) is 34.4 Å². The second-order valence-electron chi connectivity index (χ2n) is 7.14. The Bertz CT molecular complexity index is 1310. The SMILES string of the molecule is C(=C\c1ccc(-c2ncn[nH]2)cc1)/c1ccc(OCc2ccc3ccccc3n2)cc1. The van der Waals surface area contributed by atoms with E-state index in [0.29, 0.717) is 6.61 Å². The van der Waals surface area contributed by atoms with E-state index in [4.69, 9.17) is 4.74 Å². The molecule has 150 valence electrons. The molecular weight excluding hydrogens is 384 g/mol. The maximum atomic E-state index is 5.91. The lowest BCUT2D eigenvalue weighted by Crippen LogP contribution is -1.98. The number of fused-ring (bicyclic) bond motifs is 1. The highest BCUT2D eigenvalue weighted by atomic mass is 16.5. The van der Waals surface area contributed by atoms with E-state index in [9.17, 15) is 0 Å². The minimum Gasteiger partial charge on any atom is -0.487 e. The first-order valence-corrected chi connectivity index (χ1v) is 10.0. The van der Waals surface area contributed by atoms with E-state index >= 15 is 0 Å². The quantitative estimate of drug-likeness (QED) is 0.365. The predicted molar refractivity (Wildman–Crippen MR) is 123 cm³/mol. The zero-order chi connectivity index (χ0) is 20.9. The molecule has 0 atom stereocenters. The topological polar surface area (TPSA) is 63.7 Å². The van der Waals surface area contributed by atoms with Crippen LogP contribution in [0.5, 0.6) is 5.75 Å². The van der Waals surface area contributed by atoms with Crippen LogP contribution >= 0.6 is 0 Å². The third kappa shape index (κ3) is 4.51.